The number of fused-ring (bicyclic) bond motifs is 1. The number of carbonyl (C=O) groups excluding carboxylic acids is 2. The van der Waals surface area contributed by atoms with Gasteiger partial charge in [-0.2, -0.15) is 0 Å². The van der Waals surface area contributed by atoms with Gasteiger partial charge in [0.15, 0.2) is 0 Å². The maximum Gasteiger partial charge on any atom is 0.313 e. The number of anilines is 1. The van der Waals surface area contributed by atoms with Gasteiger partial charge >= 0.3 is 11.8 Å². The molecule has 0 aliphatic rings. The maximum atomic E-state index is 12.2. The summed E-state index contributed by atoms with van der Waals surface area (Å²) in [5.74, 6) is -1.38. The largest absolute Gasteiger partial charge is 0.350 e. The summed E-state index contributed by atoms with van der Waals surface area (Å²) in [4.78, 5) is 30.2. The molecule has 0 aliphatic carbocycles. The lowest BCUT2D eigenvalue weighted by Gasteiger charge is -2.24. The lowest BCUT2D eigenvalue weighted by Crippen LogP contribution is -2.40. The molecular weight excluding hydrogens is 342 g/mol. The lowest BCUT2D eigenvalue weighted by molar-refractivity contribution is -0.136. The second-order valence-electron chi connectivity index (χ2n) is 6.60. The van der Waals surface area contributed by atoms with Crippen molar-refractivity contribution in [2.24, 2.45) is 7.05 Å². The number of para-hydroxylation sites is 1. The number of hydrogen-bond donors (Lipinski definition) is 2. The molecule has 2 N–H and O–H groups in total. The second-order valence-corrected chi connectivity index (χ2v) is 6.60. The molecule has 0 saturated heterocycles. The molecule has 27 heavy (non-hydrogen) atoms. The summed E-state index contributed by atoms with van der Waals surface area (Å²) in [5.41, 5.74) is 2.71. The van der Waals surface area contributed by atoms with Crippen molar-refractivity contribution in [3.05, 3.63) is 60.6 Å². The van der Waals surface area contributed by atoms with E-state index in [2.05, 4.69) is 38.5 Å². The normalized spacial score (nSPS) is 12.1. The summed E-state index contributed by atoms with van der Waals surface area (Å²) >= 11 is 0. The molecule has 2 amide bonds. The highest BCUT2D eigenvalue weighted by Gasteiger charge is 2.22. The third-order valence-electron chi connectivity index (χ3n) is 4.49. The summed E-state index contributed by atoms with van der Waals surface area (Å²) in [6, 6.07) is 11.4. The van der Waals surface area contributed by atoms with E-state index in [4.69, 9.17) is 0 Å². The average Bonchev–Trinajstić information content (AvgIpc) is 2.99. The van der Waals surface area contributed by atoms with Crippen molar-refractivity contribution in [2.75, 3.05) is 26.0 Å². The SMILES string of the molecule is CN(C)[C@@H](CNC(=O)C(=O)Nc1cccnc1)c1cn(C)c2ccccc12. The van der Waals surface area contributed by atoms with Crippen LogP contribution in [-0.2, 0) is 16.6 Å². The fraction of sp³-hybridized carbons (Fsp3) is 0.250. The van der Waals surface area contributed by atoms with E-state index in [0.29, 0.717) is 12.2 Å². The molecule has 0 bridgehead atoms. The Morgan fingerprint density at radius 3 is 2.63 bits per heavy atom. The molecule has 0 radical (unpaired) electrons. The highest BCUT2D eigenvalue weighted by Crippen LogP contribution is 2.28. The first kappa shape index (κ1) is 18.6. The van der Waals surface area contributed by atoms with Crippen LogP contribution in [0.3, 0.4) is 0 Å². The lowest BCUT2D eigenvalue weighted by atomic mass is 10.0. The summed E-state index contributed by atoms with van der Waals surface area (Å²) in [6.45, 7) is 0.320. The summed E-state index contributed by atoms with van der Waals surface area (Å²) in [7, 11) is 5.90. The van der Waals surface area contributed by atoms with Crippen LogP contribution in [0.5, 0.6) is 0 Å². The van der Waals surface area contributed by atoms with Crippen molar-refractivity contribution < 1.29 is 9.59 Å². The highest BCUT2D eigenvalue weighted by atomic mass is 16.2. The van der Waals surface area contributed by atoms with Gasteiger partial charge in [-0.05, 0) is 37.9 Å². The number of amides is 2. The van der Waals surface area contributed by atoms with Crippen LogP contribution in [-0.4, -0.2) is 46.9 Å². The van der Waals surface area contributed by atoms with Gasteiger partial charge in [0.2, 0.25) is 0 Å². The van der Waals surface area contributed by atoms with Crippen LogP contribution in [0, 0.1) is 0 Å². The van der Waals surface area contributed by atoms with Gasteiger partial charge in [0, 0.05) is 36.9 Å². The van der Waals surface area contributed by atoms with E-state index in [1.165, 1.54) is 6.20 Å². The van der Waals surface area contributed by atoms with Gasteiger partial charge in [-0.3, -0.25) is 14.6 Å². The molecule has 0 aliphatic heterocycles. The van der Waals surface area contributed by atoms with Crippen LogP contribution in [0.25, 0.3) is 10.9 Å². The Kier molecular flexibility index (Phi) is 5.52. The maximum absolute atomic E-state index is 12.2. The van der Waals surface area contributed by atoms with Gasteiger partial charge in [0.25, 0.3) is 0 Å². The minimum atomic E-state index is -0.710. The van der Waals surface area contributed by atoms with Crippen LogP contribution in [0.1, 0.15) is 11.6 Å². The minimum absolute atomic E-state index is 0.0637. The quantitative estimate of drug-likeness (QED) is 0.677. The van der Waals surface area contributed by atoms with Crippen LogP contribution < -0.4 is 10.6 Å². The molecule has 2 aromatic heterocycles. The Hall–Kier alpha value is -3.19. The zero-order chi connectivity index (χ0) is 19.4. The van der Waals surface area contributed by atoms with Gasteiger partial charge < -0.3 is 20.1 Å². The number of likely N-dealkylation sites (N-methyl/N-ethyl adjacent to an activating group) is 1. The van der Waals surface area contributed by atoms with Crippen molar-refractivity contribution in [3.8, 4) is 0 Å². The van der Waals surface area contributed by atoms with Crippen LogP contribution >= 0.6 is 0 Å². The summed E-state index contributed by atoms with van der Waals surface area (Å²) in [5, 5.41) is 6.40. The molecule has 0 spiro atoms. The standard InChI is InChI=1S/C20H23N5O2/c1-24(2)18(16-13-25(3)17-9-5-4-8-15(16)17)12-22-19(26)20(27)23-14-7-6-10-21-11-14/h4-11,13,18H,12H2,1-3H3,(H,22,26)(H,23,27)/t18-/m0/s1. The molecule has 2 heterocycles. The Morgan fingerprint density at radius 1 is 1.15 bits per heavy atom. The second kappa shape index (κ2) is 8.01. The monoisotopic (exact) mass is 365 g/mol. The van der Waals surface area contributed by atoms with Gasteiger partial charge in [0.05, 0.1) is 17.9 Å². The summed E-state index contributed by atoms with van der Waals surface area (Å²) < 4.78 is 2.07. The molecule has 3 rings (SSSR count). The molecule has 0 fully saturated rings. The van der Waals surface area contributed by atoms with E-state index in [1.54, 1.807) is 18.3 Å². The average molecular weight is 365 g/mol. The number of aromatic nitrogens is 2. The Balaban J connectivity index is 1.71. The van der Waals surface area contributed by atoms with Crippen molar-refractivity contribution in [1.82, 2.24) is 19.8 Å². The summed E-state index contributed by atoms with van der Waals surface area (Å²) in [6.07, 6.45) is 5.16. The molecule has 1 atom stereocenters. The van der Waals surface area contributed by atoms with E-state index in [1.807, 2.05) is 38.2 Å². The van der Waals surface area contributed by atoms with Crippen LogP contribution in [0.15, 0.2) is 55.0 Å². The fourth-order valence-electron chi connectivity index (χ4n) is 3.10. The van der Waals surface area contributed by atoms with E-state index in [-0.39, 0.29) is 6.04 Å². The van der Waals surface area contributed by atoms with Crippen molar-refractivity contribution in [3.63, 3.8) is 0 Å². The number of nitrogens with zero attached hydrogens (tertiary/aromatic N) is 3. The molecule has 140 valence electrons. The number of nitrogens with one attached hydrogen (secondary N) is 2. The van der Waals surface area contributed by atoms with Gasteiger partial charge in [-0.25, -0.2) is 0 Å². The Bertz CT molecular complexity index is 949. The van der Waals surface area contributed by atoms with Gasteiger partial charge in [-0.15, -0.1) is 0 Å². The van der Waals surface area contributed by atoms with Crippen molar-refractivity contribution in [2.45, 2.75) is 6.04 Å². The molecule has 1 aromatic carbocycles. The molecule has 3 aromatic rings. The van der Waals surface area contributed by atoms with Crippen molar-refractivity contribution >= 4 is 28.4 Å². The smallest absolute Gasteiger partial charge is 0.313 e. The van der Waals surface area contributed by atoms with Crippen LogP contribution in [0.2, 0.25) is 0 Å². The number of carbonyl (C=O) groups is 2. The number of rotatable bonds is 5. The third-order valence-corrected chi connectivity index (χ3v) is 4.49. The number of hydrogen-bond acceptors (Lipinski definition) is 4. The zero-order valence-corrected chi connectivity index (χ0v) is 15.6. The van der Waals surface area contributed by atoms with E-state index >= 15 is 0 Å². The van der Waals surface area contributed by atoms with Crippen LogP contribution in [0.4, 0.5) is 5.69 Å². The molecule has 7 heteroatoms. The molecular formula is C20H23N5O2. The Morgan fingerprint density at radius 2 is 1.93 bits per heavy atom. The zero-order valence-electron chi connectivity index (χ0n) is 15.6. The first-order valence-electron chi connectivity index (χ1n) is 8.67. The predicted octanol–water partition coefficient (Wildman–Crippen LogP) is 1.93. The molecule has 0 saturated carbocycles. The van der Waals surface area contributed by atoms with E-state index < -0.39 is 11.8 Å². The first-order valence-corrected chi connectivity index (χ1v) is 8.67. The van der Waals surface area contributed by atoms with Gasteiger partial charge in [0.1, 0.15) is 0 Å². The number of benzene rings is 1. The first-order chi connectivity index (χ1) is 13.0. The van der Waals surface area contributed by atoms with E-state index in [9.17, 15) is 9.59 Å². The minimum Gasteiger partial charge on any atom is -0.350 e. The predicted molar refractivity (Wildman–Crippen MR) is 105 cm³/mol. The van der Waals surface area contributed by atoms with E-state index in [0.717, 1.165) is 16.5 Å². The fourth-order valence-corrected chi connectivity index (χ4v) is 3.10. The number of pyridine rings is 1. The third kappa shape index (κ3) is 4.15. The Labute approximate surface area is 158 Å². The molecule has 7 nitrogen and oxygen atoms in total. The van der Waals surface area contributed by atoms with Crippen molar-refractivity contribution in [1.29, 1.82) is 0 Å². The highest BCUT2D eigenvalue weighted by molar-refractivity contribution is 6.39. The van der Waals surface area contributed by atoms with Gasteiger partial charge in [-0.1, -0.05) is 18.2 Å². The topological polar surface area (TPSA) is 79.3 Å². The molecule has 0 unspecified atom stereocenters. The number of aryl methyl sites for hydroxylation is 1.